The molecule has 0 aromatic rings. The van der Waals surface area contributed by atoms with E-state index in [4.69, 9.17) is 4.74 Å². The highest BCUT2D eigenvalue weighted by Gasteiger charge is 2.44. The van der Waals surface area contributed by atoms with Gasteiger partial charge in [0, 0.05) is 12.6 Å². The van der Waals surface area contributed by atoms with Gasteiger partial charge in [0.1, 0.15) is 5.60 Å². The van der Waals surface area contributed by atoms with Gasteiger partial charge in [-0.05, 0) is 52.4 Å². The highest BCUT2D eigenvalue weighted by atomic mass is 16.6. The number of nitrogens with zero attached hydrogens (tertiary/aromatic N) is 1. The molecule has 0 spiro atoms. The maximum Gasteiger partial charge on any atom is 0.410 e. The summed E-state index contributed by atoms with van der Waals surface area (Å²) in [5, 5.41) is 0. The van der Waals surface area contributed by atoms with Gasteiger partial charge in [-0.1, -0.05) is 6.42 Å². The van der Waals surface area contributed by atoms with Crippen LogP contribution in [0.25, 0.3) is 0 Å². The predicted molar refractivity (Wildman–Crippen MR) is 63.2 cm³/mol. The van der Waals surface area contributed by atoms with Crippen LogP contribution in [-0.2, 0) is 4.74 Å². The van der Waals surface area contributed by atoms with Gasteiger partial charge in [-0.25, -0.2) is 4.79 Å². The number of hydrogen-bond donors (Lipinski definition) is 0. The molecule has 0 aromatic carbocycles. The Labute approximate surface area is 98.1 Å². The van der Waals surface area contributed by atoms with Crippen LogP contribution in [-0.4, -0.2) is 29.2 Å². The fraction of sp³-hybridized carbons (Fsp3) is 0.923. The second kappa shape index (κ2) is 3.94. The molecule has 16 heavy (non-hydrogen) atoms. The van der Waals surface area contributed by atoms with Crippen molar-refractivity contribution in [3.8, 4) is 0 Å². The third kappa shape index (κ3) is 2.18. The number of fused-ring (bicyclic) bond motifs is 1. The van der Waals surface area contributed by atoms with Gasteiger partial charge in [0.25, 0.3) is 0 Å². The Bertz CT molecular complexity index is 282. The van der Waals surface area contributed by atoms with Crippen molar-refractivity contribution < 1.29 is 9.53 Å². The van der Waals surface area contributed by atoms with E-state index in [1.165, 1.54) is 19.3 Å². The maximum atomic E-state index is 12.0. The summed E-state index contributed by atoms with van der Waals surface area (Å²) in [6, 6.07) is 0.363. The van der Waals surface area contributed by atoms with Gasteiger partial charge in [-0.2, -0.15) is 0 Å². The molecule has 3 nitrogen and oxygen atoms in total. The van der Waals surface area contributed by atoms with E-state index in [1.807, 2.05) is 25.7 Å². The van der Waals surface area contributed by atoms with Gasteiger partial charge >= 0.3 is 6.09 Å². The Morgan fingerprint density at radius 1 is 1.31 bits per heavy atom. The van der Waals surface area contributed by atoms with Crippen LogP contribution in [0.5, 0.6) is 0 Å². The average Bonchev–Trinajstić information content (AvgIpc) is 2.66. The first-order chi connectivity index (χ1) is 7.38. The van der Waals surface area contributed by atoms with Crippen LogP contribution in [0, 0.1) is 11.8 Å². The fourth-order valence-corrected chi connectivity index (χ4v) is 3.14. The third-order valence-corrected chi connectivity index (χ3v) is 3.89. The van der Waals surface area contributed by atoms with E-state index in [2.05, 4.69) is 6.92 Å². The zero-order valence-corrected chi connectivity index (χ0v) is 10.8. The topological polar surface area (TPSA) is 29.5 Å². The van der Waals surface area contributed by atoms with Crippen molar-refractivity contribution in [2.75, 3.05) is 6.54 Å². The van der Waals surface area contributed by atoms with Gasteiger partial charge in [0.2, 0.25) is 0 Å². The van der Waals surface area contributed by atoms with Gasteiger partial charge in [-0.15, -0.1) is 0 Å². The third-order valence-electron chi connectivity index (χ3n) is 3.89. The largest absolute Gasteiger partial charge is 0.444 e. The molecule has 2 fully saturated rings. The normalized spacial score (nSPS) is 34.0. The molecule has 1 saturated heterocycles. The van der Waals surface area contributed by atoms with Crippen LogP contribution < -0.4 is 0 Å². The average molecular weight is 225 g/mol. The number of carbonyl (C=O) groups excluding carboxylic acids is 1. The molecule has 1 saturated carbocycles. The van der Waals surface area contributed by atoms with Crippen molar-refractivity contribution in [1.82, 2.24) is 4.90 Å². The monoisotopic (exact) mass is 225 g/mol. The second-order valence-corrected chi connectivity index (χ2v) is 6.23. The molecule has 3 heteroatoms. The molecule has 1 aliphatic carbocycles. The molecule has 2 rings (SSSR count). The number of rotatable bonds is 0. The highest BCUT2D eigenvalue weighted by Crippen LogP contribution is 2.42. The van der Waals surface area contributed by atoms with Crippen molar-refractivity contribution in [1.29, 1.82) is 0 Å². The lowest BCUT2D eigenvalue weighted by Crippen LogP contribution is -2.40. The molecule has 1 heterocycles. The van der Waals surface area contributed by atoms with Crippen molar-refractivity contribution >= 4 is 6.09 Å². The zero-order chi connectivity index (χ0) is 11.9. The molecule has 3 atom stereocenters. The lowest BCUT2D eigenvalue weighted by Gasteiger charge is -2.28. The van der Waals surface area contributed by atoms with Crippen molar-refractivity contribution in [3.05, 3.63) is 0 Å². The lowest BCUT2D eigenvalue weighted by atomic mass is 9.95. The van der Waals surface area contributed by atoms with E-state index < -0.39 is 0 Å². The zero-order valence-electron chi connectivity index (χ0n) is 10.8. The van der Waals surface area contributed by atoms with Gasteiger partial charge in [0.15, 0.2) is 0 Å². The van der Waals surface area contributed by atoms with Crippen LogP contribution in [0.2, 0.25) is 0 Å². The quantitative estimate of drug-likeness (QED) is 0.634. The van der Waals surface area contributed by atoms with E-state index in [1.54, 1.807) is 0 Å². The molecule has 0 radical (unpaired) electrons. The summed E-state index contributed by atoms with van der Waals surface area (Å²) in [5.74, 6) is 1.44. The molecule has 2 aliphatic rings. The van der Waals surface area contributed by atoms with E-state index >= 15 is 0 Å². The number of hydrogen-bond acceptors (Lipinski definition) is 2. The Morgan fingerprint density at radius 2 is 2.00 bits per heavy atom. The molecule has 1 amide bonds. The minimum Gasteiger partial charge on any atom is -0.444 e. The van der Waals surface area contributed by atoms with Crippen LogP contribution in [0.1, 0.15) is 47.0 Å². The molecular formula is C13H23NO2. The lowest BCUT2D eigenvalue weighted by molar-refractivity contribution is 0.0216. The van der Waals surface area contributed by atoms with Gasteiger partial charge in [0.05, 0.1) is 0 Å². The minimum atomic E-state index is -0.380. The smallest absolute Gasteiger partial charge is 0.410 e. The summed E-state index contributed by atoms with van der Waals surface area (Å²) >= 11 is 0. The fourth-order valence-electron chi connectivity index (χ4n) is 3.14. The van der Waals surface area contributed by atoms with Crippen LogP contribution in [0.3, 0.4) is 0 Å². The van der Waals surface area contributed by atoms with Crippen molar-refractivity contribution in [3.63, 3.8) is 0 Å². The summed E-state index contributed by atoms with van der Waals surface area (Å²) < 4.78 is 5.44. The van der Waals surface area contributed by atoms with E-state index in [0.29, 0.717) is 12.0 Å². The molecule has 92 valence electrons. The van der Waals surface area contributed by atoms with Crippen LogP contribution >= 0.6 is 0 Å². The molecule has 0 aromatic heterocycles. The van der Waals surface area contributed by atoms with Crippen LogP contribution in [0.4, 0.5) is 4.79 Å². The predicted octanol–water partition coefficient (Wildman–Crippen LogP) is 3.04. The van der Waals surface area contributed by atoms with Gasteiger partial charge in [-0.3, -0.25) is 0 Å². The first-order valence-electron chi connectivity index (χ1n) is 6.38. The van der Waals surface area contributed by atoms with Crippen molar-refractivity contribution in [2.45, 2.75) is 58.6 Å². The summed E-state index contributed by atoms with van der Waals surface area (Å²) in [5.41, 5.74) is -0.380. The van der Waals surface area contributed by atoms with E-state index in [9.17, 15) is 4.79 Å². The highest BCUT2D eigenvalue weighted by molar-refractivity contribution is 5.69. The maximum absolute atomic E-state index is 12.0. The van der Waals surface area contributed by atoms with E-state index in [0.717, 1.165) is 12.5 Å². The number of amides is 1. The standard InChI is InChI=1S/C13H23NO2/c1-9-11-7-5-6-10(11)8-14(9)12(15)16-13(2,3)4/h9-11H,5-8H2,1-4H3/t9-,10+,11-/m1/s1. The Hall–Kier alpha value is -0.730. The summed E-state index contributed by atoms with van der Waals surface area (Å²) in [6.07, 6.45) is 3.77. The van der Waals surface area contributed by atoms with Crippen molar-refractivity contribution in [2.24, 2.45) is 11.8 Å². The van der Waals surface area contributed by atoms with E-state index in [-0.39, 0.29) is 11.7 Å². The molecular weight excluding hydrogens is 202 g/mol. The summed E-state index contributed by atoms with van der Waals surface area (Å²) in [7, 11) is 0. The first kappa shape index (κ1) is 11.7. The number of likely N-dealkylation sites (tertiary alicyclic amines) is 1. The molecule has 1 aliphatic heterocycles. The first-order valence-corrected chi connectivity index (χ1v) is 6.38. The summed E-state index contributed by atoms with van der Waals surface area (Å²) in [4.78, 5) is 13.9. The van der Waals surface area contributed by atoms with Crippen LogP contribution in [0.15, 0.2) is 0 Å². The molecule has 0 bridgehead atoms. The SMILES string of the molecule is C[C@@H]1[C@H]2CCC[C@H]2CN1C(=O)OC(C)(C)C. The Balaban J connectivity index is 1.99. The Kier molecular flexibility index (Phi) is 2.89. The summed E-state index contributed by atoms with van der Waals surface area (Å²) in [6.45, 7) is 8.84. The van der Waals surface area contributed by atoms with Gasteiger partial charge < -0.3 is 9.64 Å². The number of ether oxygens (including phenoxy) is 1. The number of carbonyl (C=O) groups is 1. The second-order valence-electron chi connectivity index (χ2n) is 6.23. The Morgan fingerprint density at radius 3 is 2.56 bits per heavy atom. The molecule has 0 N–H and O–H groups in total. The molecule has 0 unspecified atom stereocenters. The minimum absolute atomic E-state index is 0.130.